The van der Waals surface area contributed by atoms with Gasteiger partial charge in [-0.25, -0.2) is 0 Å². The molecule has 0 aliphatic heterocycles. The molecule has 0 saturated heterocycles. The van der Waals surface area contributed by atoms with Crippen molar-refractivity contribution in [2.75, 3.05) is 18.5 Å². The Morgan fingerprint density at radius 1 is 1.25 bits per heavy atom. The van der Waals surface area contributed by atoms with E-state index >= 15 is 0 Å². The lowest BCUT2D eigenvalue weighted by atomic mass is 10.1. The summed E-state index contributed by atoms with van der Waals surface area (Å²) in [5, 5.41) is 12.2. The van der Waals surface area contributed by atoms with Crippen LogP contribution in [-0.4, -0.2) is 19.1 Å². The maximum Gasteiger partial charge on any atom is 0.266 e. The molecule has 5 nitrogen and oxygen atoms in total. The number of hydrogen-bond donors (Lipinski definition) is 1. The molecule has 0 bridgehead atoms. The Morgan fingerprint density at radius 3 is 2.64 bits per heavy atom. The van der Waals surface area contributed by atoms with Gasteiger partial charge in [-0.05, 0) is 71.6 Å². The van der Waals surface area contributed by atoms with Gasteiger partial charge in [-0.2, -0.15) is 5.26 Å². The Hall–Kier alpha value is -2.78. The average molecular weight is 443 g/mol. The van der Waals surface area contributed by atoms with Gasteiger partial charge in [0.05, 0.1) is 17.7 Å². The molecule has 0 saturated carbocycles. The molecule has 1 N–H and O–H groups in total. The Bertz CT molecular complexity index is 916. The minimum absolute atomic E-state index is 0.000159. The number of ether oxygens (including phenoxy) is 2. The third-order valence-electron chi connectivity index (χ3n) is 3.85. The Labute approximate surface area is 174 Å². The van der Waals surface area contributed by atoms with Crippen LogP contribution in [0.15, 0.2) is 46.4 Å². The molecule has 0 unspecified atom stereocenters. The van der Waals surface area contributed by atoms with E-state index in [4.69, 9.17) is 9.47 Å². The zero-order chi connectivity index (χ0) is 20.5. The number of carbonyl (C=O) groups excluding carboxylic acids is 1. The summed E-state index contributed by atoms with van der Waals surface area (Å²) in [5.74, 6) is 0.717. The molecule has 0 heterocycles. The predicted molar refractivity (Wildman–Crippen MR) is 114 cm³/mol. The molecule has 146 valence electrons. The van der Waals surface area contributed by atoms with Crippen LogP contribution in [0.1, 0.15) is 31.4 Å². The van der Waals surface area contributed by atoms with Gasteiger partial charge in [-0.3, -0.25) is 4.79 Å². The van der Waals surface area contributed by atoms with Gasteiger partial charge in [-0.15, -0.1) is 0 Å². The van der Waals surface area contributed by atoms with Gasteiger partial charge in [0.2, 0.25) is 0 Å². The molecule has 0 aliphatic carbocycles. The molecule has 0 atom stereocenters. The monoisotopic (exact) mass is 442 g/mol. The number of hydrogen-bond acceptors (Lipinski definition) is 4. The number of nitrogens with zero attached hydrogens (tertiary/aromatic N) is 1. The topological polar surface area (TPSA) is 71.3 Å². The second-order valence-electron chi connectivity index (χ2n) is 6.05. The van der Waals surface area contributed by atoms with Crippen molar-refractivity contribution in [1.29, 1.82) is 5.26 Å². The number of benzene rings is 2. The van der Waals surface area contributed by atoms with Crippen LogP contribution >= 0.6 is 15.9 Å². The molecule has 28 heavy (non-hydrogen) atoms. The van der Waals surface area contributed by atoms with E-state index in [-0.39, 0.29) is 5.57 Å². The van der Waals surface area contributed by atoms with Crippen molar-refractivity contribution in [3.8, 4) is 17.6 Å². The number of anilines is 1. The van der Waals surface area contributed by atoms with Gasteiger partial charge in [0.1, 0.15) is 11.6 Å². The van der Waals surface area contributed by atoms with Crippen molar-refractivity contribution in [1.82, 2.24) is 0 Å². The number of carbonyl (C=O) groups is 1. The highest BCUT2D eigenvalue weighted by Crippen LogP contribution is 2.37. The van der Waals surface area contributed by atoms with Crippen molar-refractivity contribution in [3.05, 3.63) is 57.6 Å². The van der Waals surface area contributed by atoms with E-state index in [2.05, 4.69) is 21.2 Å². The molecular weight excluding hydrogens is 420 g/mol. The Balaban J connectivity index is 2.33. The maximum atomic E-state index is 12.5. The Morgan fingerprint density at radius 2 is 2.00 bits per heavy atom. The van der Waals surface area contributed by atoms with Crippen molar-refractivity contribution in [2.24, 2.45) is 0 Å². The summed E-state index contributed by atoms with van der Waals surface area (Å²) >= 11 is 3.49. The van der Waals surface area contributed by atoms with Crippen LogP contribution in [0, 0.1) is 18.3 Å². The van der Waals surface area contributed by atoms with E-state index in [1.54, 1.807) is 18.2 Å². The van der Waals surface area contributed by atoms with Gasteiger partial charge < -0.3 is 14.8 Å². The molecular formula is C22H23BrN2O3. The minimum atomic E-state index is -0.461. The van der Waals surface area contributed by atoms with E-state index in [1.165, 1.54) is 6.08 Å². The maximum absolute atomic E-state index is 12.5. The third kappa shape index (κ3) is 5.61. The summed E-state index contributed by atoms with van der Waals surface area (Å²) in [6.07, 6.45) is 2.40. The minimum Gasteiger partial charge on any atom is -0.490 e. The lowest BCUT2D eigenvalue weighted by Crippen LogP contribution is -2.14. The van der Waals surface area contributed by atoms with E-state index in [1.807, 2.05) is 45.0 Å². The number of nitriles is 1. The second kappa shape index (κ2) is 10.5. The number of para-hydroxylation sites is 1. The van der Waals surface area contributed by atoms with Crippen molar-refractivity contribution in [3.63, 3.8) is 0 Å². The van der Waals surface area contributed by atoms with Gasteiger partial charge >= 0.3 is 0 Å². The first-order valence-electron chi connectivity index (χ1n) is 9.08. The molecule has 6 heteroatoms. The number of aryl methyl sites for hydroxylation is 1. The number of rotatable bonds is 8. The fourth-order valence-electron chi connectivity index (χ4n) is 2.50. The highest BCUT2D eigenvalue weighted by Gasteiger charge is 2.14. The van der Waals surface area contributed by atoms with E-state index in [9.17, 15) is 10.1 Å². The van der Waals surface area contributed by atoms with Crippen LogP contribution in [-0.2, 0) is 4.79 Å². The van der Waals surface area contributed by atoms with E-state index < -0.39 is 5.91 Å². The number of nitrogens with one attached hydrogen (secondary N) is 1. The first-order chi connectivity index (χ1) is 13.5. The molecule has 2 aromatic rings. The number of halogens is 1. The fourth-order valence-corrected chi connectivity index (χ4v) is 3.07. The zero-order valence-corrected chi connectivity index (χ0v) is 17.8. The molecule has 2 rings (SSSR count). The fraction of sp³-hybridized carbons (Fsp3) is 0.273. The number of amides is 1. The van der Waals surface area contributed by atoms with Crippen LogP contribution in [0.3, 0.4) is 0 Å². The highest BCUT2D eigenvalue weighted by atomic mass is 79.9. The summed E-state index contributed by atoms with van der Waals surface area (Å²) < 4.78 is 12.1. The van der Waals surface area contributed by atoms with Crippen molar-refractivity contribution in [2.45, 2.75) is 27.2 Å². The smallest absolute Gasteiger partial charge is 0.266 e. The largest absolute Gasteiger partial charge is 0.490 e. The first kappa shape index (κ1) is 21.5. The molecule has 2 aromatic carbocycles. The van der Waals surface area contributed by atoms with Crippen molar-refractivity contribution >= 4 is 33.6 Å². The predicted octanol–water partition coefficient (Wildman–Crippen LogP) is 5.49. The summed E-state index contributed by atoms with van der Waals surface area (Å²) in [6, 6.07) is 12.9. The van der Waals surface area contributed by atoms with Gasteiger partial charge in [-0.1, -0.05) is 25.1 Å². The Kier molecular flexibility index (Phi) is 8.09. The molecule has 0 aliphatic rings. The quantitative estimate of drug-likeness (QED) is 0.433. The second-order valence-corrected chi connectivity index (χ2v) is 6.90. The molecule has 0 spiro atoms. The van der Waals surface area contributed by atoms with Gasteiger partial charge in [0.15, 0.2) is 11.5 Å². The van der Waals surface area contributed by atoms with Crippen LogP contribution in [0.25, 0.3) is 6.08 Å². The van der Waals surface area contributed by atoms with Crippen LogP contribution in [0.4, 0.5) is 5.69 Å². The lowest BCUT2D eigenvalue weighted by molar-refractivity contribution is -0.112. The summed E-state index contributed by atoms with van der Waals surface area (Å²) in [7, 11) is 0. The highest BCUT2D eigenvalue weighted by molar-refractivity contribution is 9.10. The lowest BCUT2D eigenvalue weighted by Gasteiger charge is -2.14. The van der Waals surface area contributed by atoms with E-state index in [0.717, 1.165) is 12.0 Å². The SMILES string of the molecule is CCCOc1c(Br)cc(/C=C(/C#N)C(=O)Nc2ccccc2C)cc1OCC. The summed E-state index contributed by atoms with van der Waals surface area (Å²) in [4.78, 5) is 12.5. The van der Waals surface area contributed by atoms with Gasteiger partial charge in [0, 0.05) is 5.69 Å². The third-order valence-corrected chi connectivity index (χ3v) is 4.44. The molecule has 1 amide bonds. The zero-order valence-electron chi connectivity index (χ0n) is 16.2. The van der Waals surface area contributed by atoms with Gasteiger partial charge in [0.25, 0.3) is 5.91 Å². The molecule has 0 aromatic heterocycles. The average Bonchev–Trinajstić information content (AvgIpc) is 2.67. The van der Waals surface area contributed by atoms with Crippen LogP contribution in [0.2, 0.25) is 0 Å². The first-order valence-corrected chi connectivity index (χ1v) is 9.87. The molecule has 0 fully saturated rings. The summed E-state index contributed by atoms with van der Waals surface area (Å²) in [6.45, 7) is 6.84. The van der Waals surface area contributed by atoms with Crippen LogP contribution in [0.5, 0.6) is 11.5 Å². The van der Waals surface area contributed by atoms with Crippen molar-refractivity contribution < 1.29 is 14.3 Å². The normalized spacial score (nSPS) is 10.9. The standard InChI is InChI=1S/C22H23BrN2O3/c1-4-10-28-21-18(23)12-16(13-20(21)27-5-2)11-17(14-24)22(26)25-19-9-7-6-8-15(19)3/h6-9,11-13H,4-5,10H2,1-3H3,(H,25,26)/b17-11-. The molecule has 0 radical (unpaired) electrons. The van der Waals surface area contributed by atoms with E-state index in [0.29, 0.717) is 40.4 Å². The van der Waals surface area contributed by atoms with Crippen LogP contribution < -0.4 is 14.8 Å². The summed E-state index contributed by atoms with van der Waals surface area (Å²) in [5.41, 5.74) is 2.26.